The molecule has 0 amide bonds. The number of aliphatic hydroxyl groups excluding tert-OH is 3. The minimum absolute atomic E-state index is 0.0661. The molecule has 6 heteroatoms. The fraction of sp³-hybridized carbons (Fsp3) is 0.833. The van der Waals surface area contributed by atoms with Gasteiger partial charge in [-0.3, -0.25) is 0 Å². The maximum absolute atomic E-state index is 9.22. The Bertz CT molecular complexity index is 206. The zero-order valence-electron chi connectivity index (χ0n) is 6.12. The van der Waals surface area contributed by atoms with E-state index in [4.69, 9.17) is 14.9 Å². The van der Waals surface area contributed by atoms with Crippen molar-refractivity contribution in [1.82, 2.24) is 0 Å². The summed E-state index contributed by atoms with van der Waals surface area (Å²) in [5.74, 6) is 0. The number of ether oxygens (including phenoxy) is 1. The number of hydrogen-bond acceptors (Lipinski definition) is 6. The van der Waals surface area contributed by atoms with Gasteiger partial charge < -0.3 is 20.1 Å². The van der Waals surface area contributed by atoms with Crippen LogP contribution in [-0.2, 0) is 4.74 Å². The van der Waals surface area contributed by atoms with Crippen LogP contribution in [0, 0.1) is 0 Å². The largest absolute Gasteiger partial charge is 0.388 e. The van der Waals surface area contributed by atoms with Crippen molar-refractivity contribution >= 4 is 17.4 Å². The first-order valence-corrected chi connectivity index (χ1v) is 3.80. The van der Waals surface area contributed by atoms with Gasteiger partial charge in [0.25, 0.3) is 0 Å². The molecule has 0 radical (unpaired) electrons. The molecule has 4 atom stereocenters. The Morgan fingerprint density at radius 1 is 1.33 bits per heavy atom. The van der Waals surface area contributed by atoms with E-state index in [1.807, 2.05) is 5.16 Å². The van der Waals surface area contributed by atoms with E-state index in [1.165, 1.54) is 0 Å². The van der Waals surface area contributed by atoms with Crippen molar-refractivity contribution in [3.8, 4) is 0 Å². The van der Waals surface area contributed by atoms with Gasteiger partial charge in [0.1, 0.15) is 18.3 Å². The van der Waals surface area contributed by atoms with Gasteiger partial charge in [0.15, 0.2) is 6.23 Å². The molecule has 0 aromatic rings. The van der Waals surface area contributed by atoms with Crippen LogP contribution in [0.25, 0.3) is 0 Å². The van der Waals surface area contributed by atoms with Crippen molar-refractivity contribution in [1.29, 1.82) is 0 Å². The maximum atomic E-state index is 9.22. The molecular weight excluding hydrogens is 182 g/mol. The van der Waals surface area contributed by atoms with E-state index in [2.05, 4.69) is 17.2 Å². The summed E-state index contributed by atoms with van der Waals surface area (Å²) in [5.41, 5.74) is 0. The Morgan fingerprint density at radius 2 is 2.00 bits per heavy atom. The summed E-state index contributed by atoms with van der Waals surface area (Å²) in [6.45, 7) is -0.0661. The Morgan fingerprint density at radius 3 is 2.58 bits per heavy atom. The van der Waals surface area contributed by atoms with Crippen molar-refractivity contribution in [2.24, 2.45) is 4.99 Å². The average molecular weight is 191 g/mol. The van der Waals surface area contributed by atoms with Gasteiger partial charge >= 0.3 is 0 Å². The zero-order valence-corrected chi connectivity index (χ0v) is 6.94. The Kier molecular flexibility index (Phi) is 3.28. The first-order valence-electron chi connectivity index (χ1n) is 3.39. The van der Waals surface area contributed by atoms with Gasteiger partial charge in [-0.25, -0.2) is 0 Å². The third-order valence-corrected chi connectivity index (χ3v) is 1.76. The molecule has 1 saturated heterocycles. The molecule has 12 heavy (non-hydrogen) atoms. The molecule has 0 saturated carbocycles. The number of aliphatic imine (C=N–C) groups is 1. The molecule has 0 bridgehead atoms. The highest BCUT2D eigenvalue weighted by molar-refractivity contribution is 7.78. The predicted octanol–water partition coefficient (Wildman–Crippen LogP) is -1.47. The molecule has 1 aliphatic rings. The number of isothiocyanates is 1. The fourth-order valence-electron chi connectivity index (χ4n) is 0.956. The van der Waals surface area contributed by atoms with E-state index in [0.717, 1.165) is 0 Å². The second kappa shape index (κ2) is 4.04. The Labute approximate surface area is 74.3 Å². The van der Waals surface area contributed by atoms with Crippen molar-refractivity contribution in [3.05, 3.63) is 0 Å². The smallest absolute Gasteiger partial charge is 0.186 e. The average Bonchev–Trinajstić information content (AvgIpc) is 2.07. The molecule has 1 aliphatic heterocycles. The van der Waals surface area contributed by atoms with E-state index >= 15 is 0 Å². The molecule has 0 aromatic heterocycles. The molecule has 3 N–H and O–H groups in total. The molecule has 68 valence electrons. The van der Waals surface area contributed by atoms with E-state index in [-0.39, 0.29) is 6.61 Å². The fourth-order valence-corrected chi connectivity index (χ4v) is 1.06. The molecule has 0 aliphatic carbocycles. The topological polar surface area (TPSA) is 82.3 Å². The van der Waals surface area contributed by atoms with Gasteiger partial charge in [0.05, 0.1) is 11.8 Å². The summed E-state index contributed by atoms with van der Waals surface area (Å²) in [7, 11) is 0. The first-order chi connectivity index (χ1) is 5.66. The lowest BCUT2D eigenvalue weighted by molar-refractivity contribution is -0.183. The van der Waals surface area contributed by atoms with Crippen LogP contribution in [0.4, 0.5) is 0 Å². The van der Waals surface area contributed by atoms with Crippen LogP contribution in [0.5, 0.6) is 0 Å². The molecule has 1 rings (SSSR count). The first kappa shape index (κ1) is 9.73. The summed E-state index contributed by atoms with van der Waals surface area (Å²) < 4.78 is 4.86. The van der Waals surface area contributed by atoms with Gasteiger partial charge in [-0.2, -0.15) is 4.99 Å². The van der Waals surface area contributed by atoms with Gasteiger partial charge in [0.2, 0.25) is 0 Å². The van der Waals surface area contributed by atoms with Gasteiger partial charge in [-0.05, 0) is 12.2 Å². The Balaban J connectivity index is 2.64. The quantitative estimate of drug-likeness (QED) is 0.348. The molecule has 1 heterocycles. The van der Waals surface area contributed by atoms with Crippen molar-refractivity contribution in [3.63, 3.8) is 0 Å². The summed E-state index contributed by atoms with van der Waals surface area (Å²) in [4.78, 5) is 3.47. The molecule has 1 unspecified atom stereocenters. The number of aliphatic hydroxyl groups is 3. The van der Waals surface area contributed by atoms with Crippen LogP contribution in [0.15, 0.2) is 4.99 Å². The van der Waals surface area contributed by atoms with Crippen LogP contribution in [0.3, 0.4) is 0 Å². The lowest BCUT2D eigenvalue weighted by atomic mass is 10.1. The lowest BCUT2D eigenvalue weighted by Crippen LogP contribution is -2.52. The second-order valence-corrected chi connectivity index (χ2v) is 2.68. The minimum atomic E-state index is -1.25. The molecule has 1 fully saturated rings. The van der Waals surface area contributed by atoms with Gasteiger partial charge in [0, 0.05) is 0 Å². The summed E-state index contributed by atoms with van der Waals surface area (Å²) in [6.07, 6.45) is -4.47. The summed E-state index contributed by atoms with van der Waals surface area (Å²) in [6, 6.07) is 0. The summed E-state index contributed by atoms with van der Waals surface area (Å²) in [5, 5.41) is 29.4. The van der Waals surface area contributed by atoms with Crippen LogP contribution < -0.4 is 0 Å². The van der Waals surface area contributed by atoms with Crippen LogP contribution in [0.2, 0.25) is 0 Å². The van der Waals surface area contributed by atoms with Crippen LogP contribution in [-0.4, -0.2) is 51.6 Å². The third kappa shape index (κ3) is 1.87. The van der Waals surface area contributed by atoms with Gasteiger partial charge in [-0.1, -0.05) is 0 Å². The minimum Gasteiger partial charge on any atom is -0.388 e. The number of rotatable bonds is 1. The van der Waals surface area contributed by atoms with Crippen LogP contribution in [0.1, 0.15) is 0 Å². The zero-order chi connectivity index (χ0) is 9.14. The highest BCUT2D eigenvalue weighted by Gasteiger charge is 2.37. The van der Waals surface area contributed by atoms with E-state index in [0.29, 0.717) is 0 Å². The second-order valence-electron chi connectivity index (χ2n) is 2.49. The lowest BCUT2D eigenvalue weighted by Gasteiger charge is -2.32. The van der Waals surface area contributed by atoms with E-state index in [9.17, 15) is 5.11 Å². The molecular formula is C6H9NO4S. The highest BCUT2D eigenvalue weighted by Crippen LogP contribution is 2.15. The van der Waals surface area contributed by atoms with E-state index in [1.54, 1.807) is 0 Å². The number of nitrogens with zero attached hydrogens (tertiary/aromatic N) is 1. The predicted molar refractivity (Wildman–Crippen MR) is 42.8 cm³/mol. The molecule has 0 spiro atoms. The monoisotopic (exact) mass is 191 g/mol. The van der Waals surface area contributed by atoms with Crippen molar-refractivity contribution < 1.29 is 20.1 Å². The van der Waals surface area contributed by atoms with Gasteiger partial charge in [-0.15, -0.1) is 0 Å². The standard InChI is InChI=1S/C6H9NO4S/c8-3-1-11-6(7-2-12)5(10)4(3)9/h3-6,8-10H,1H2/t3-,4-,5-,6?/m1/s1. The van der Waals surface area contributed by atoms with Crippen LogP contribution >= 0.6 is 12.2 Å². The number of thiocarbonyl (C=S) groups is 1. The van der Waals surface area contributed by atoms with E-state index < -0.39 is 24.5 Å². The SMILES string of the molecule is O[C@@H]1[C@H](O)COC(N=C=S)[C@@H]1O. The highest BCUT2D eigenvalue weighted by atomic mass is 32.1. The molecule has 0 aromatic carbocycles. The number of hydrogen-bond donors (Lipinski definition) is 3. The Hall–Kier alpha value is -0.360. The normalized spacial score (nSPS) is 41.9. The van der Waals surface area contributed by atoms with Crippen molar-refractivity contribution in [2.45, 2.75) is 24.5 Å². The third-order valence-electron chi connectivity index (χ3n) is 1.65. The summed E-state index contributed by atoms with van der Waals surface area (Å²) >= 11 is 4.30. The molecule has 5 nitrogen and oxygen atoms in total. The van der Waals surface area contributed by atoms with Crippen molar-refractivity contribution in [2.75, 3.05) is 6.61 Å². The maximum Gasteiger partial charge on any atom is 0.186 e.